The number of imidazole rings is 1. The topological polar surface area (TPSA) is 55.6 Å². The van der Waals surface area contributed by atoms with Crippen LogP contribution in [0.25, 0.3) is 5.65 Å². The molecule has 0 unspecified atom stereocenters. The van der Waals surface area contributed by atoms with Gasteiger partial charge in [0.25, 0.3) is 5.91 Å². The van der Waals surface area contributed by atoms with Crippen LogP contribution in [0.3, 0.4) is 0 Å². The minimum Gasteiger partial charge on any atom is -0.487 e. The Bertz CT molecular complexity index is 1230. The molecule has 0 spiro atoms. The van der Waals surface area contributed by atoms with Crippen molar-refractivity contribution in [1.29, 1.82) is 0 Å². The lowest BCUT2D eigenvalue weighted by Crippen LogP contribution is -2.18. The number of anilines is 1. The summed E-state index contributed by atoms with van der Waals surface area (Å²) in [6, 6.07) is 19.1. The Morgan fingerprint density at radius 2 is 1.84 bits per heavy atom. The van der Waals surface area contributed by atoms with E-state index in [0.29, 0.717) is 17.9 Å². The van der Waals surface area contributed by atoms with E-state index in [2.05, 4.69) is 31.1 Å². The first kappa shape index (κ1) is 20.7. The summed E-state index contributed by atoms with van der Waals surface area (Å²) in [7, 11) is 0. The second kappa shape index (κ2) is 8.26. The molecule has 2 aromatic heterocycles. The summed E-state index contributed by atoms with van der Waals surface area (Å²) in [5.74, 6) is 0.468. The maximum absolute atomic E-state index is 12.9. The van der Waals surface area contributed by atoms with Crippen molar-refractivity contribution < 1.29 is 9.53 Å². The van der Waals surface area contributed by atoms with Gasteiger partial charge in [-0.05, 0) is 53.8 Å². The highest BCUT2D eigenvalue weighted by Crippen LogP contribution is 2.29. The summed E-state index contributed by atoms with van der Waals surface area (Å²) in [5, 5.41) is 3.05. The molecule has 2 aromatic carbocycles. The monoisotopic (exact) mass is 413 g/mol. The van der Waals surface area contributed by atoms with Crippen LogP contribution in [0.1, 0.15) is 48.0 Å². The fraction of sp³-hybridized carbons (Fsp3) is 0.231. The van der Waals surface area contributed by atoms with Gasteiger partial charge in [0.05, 0.1) is 5.69 Å². The van der Waals surface area contributed by atoms with Gasteiger partial charge in [-0.1, -0.05) is 51.1 Å². The zero-order valence-corrected chi connectivity index (χ0v) is 18.3. The number of carbonyl (C=O) groups excluding carboxylic acids is 1. The fourth-order valence-corrected chi connectivity index (χ4v) is 3.55. The van der Waals surface area contributed by atoms with Gasteiger partial charge in [-0.2, -0.15) is 0 Å². The highest BCUT2D eigenvalue weighted by Gasteiger charge is 2.19. The normalized spacial score (nSPS) is 11.5. The number of ether oxygens (including phenoxy) is 1. The van der Waals surface area contributed by atoms with Crippen LogP contribution in [-0.4, -0.2) is 15.3 Å². The zero-order chi connectivity index (χ0) is 22.0. The number of carbonyl (C=O) groups is 1. The van der Waals surface area contributed by atoms with Gasteiger partial charge < -0.3 is 14.5 Å². The van der Waals surface area contributed by atoms with Crippen molar-refractivity contribution in [1.82, 2.24) is 9.38 Å². The molecule has 0 saturated heterocycles. The van der Waals surface area contributed by atoms with Crippen LogP contribution in [0.2, 0.25) is 0 Å². The molecule has 4 aromatic rings. The van der Waals surface area contributed by atoms with Crippen molar-refractivity contribution in [2.45, 2.75) is 39.7 Å². The molecule has 4 rings (SSSR count). The van der Waals surface area contributed by atoms with Crippen LogP contribution in [0.4, 0.5) is 5.69 Å². The Labute approximate surface area is 182 Å². The highest BCUT2D eigenvalue weighted by atomic mass is 16.5. The van der Waals surface area contributed by atoms with Crippen LogP contribution in [0.15, 0.2) is 73.1 Å². The molecule has 0 fully saturated rings. The maximum atomic E-state index is 12.9. The van der Waals surface area contributed by atoms with Gasteiger partial charge in [0.1, 0.15) is 18.0 Å². The third-order valence-electron chi connectivity index (χ3n) is 5.12. The quantitative estimate of drug-likeness (QED) is 0.452. The number of aryl methyl sites for hydroxylation is 1. The Morgan fingerprint density at radius 3 is 2.65 bits per heavy atom. The molecule has 1 amide bonds. The van der Waals surface area contributed by atoms with Crippen molar-refractivity contribution >= 4 is 17.2 Å². The highest BCUT2D eigenvalue weighted by molar-refractivity contribution is 6.05. The smallest absolute Gasteiger partial charge is 0.255 e. The average Bonchev–Trinajstić information content (AvgIpc) is 3.14. The van der Waals surface area contributed by atoms with E-state index < -0.39 is 0 Å². The SMILES string of the molecule is Cc1ccc2nc(COc3cccc(C(=O)Nc4ccccc4C(C)(C)C)c3)cn2c1. The summed E-state index contributed by atoms with van der Waals surface area (Å²) in [4.78, 5) is 17.5. The molecule has 2 heterocycles. The van der Waals surface area contributed by atoms with E-state index in [1.807, 2.05) is 72.2 Å². The Balaban J connectivity index is 1.47. The molecule has 31 heavy (non-hydrogen) atoms. The van der Waals surface area contributed by atoms with E-state index in [1.54, 1.807) is 12.1 Å². The second-order valence-corrected chi connectivity index (χ2v) is 8.77. The molecule has 0 radical (unpaired) electrons. The summed E-state index contributed by atoms with van der Waals surface area (Å²) in [5.41, 5.74) is 5.29. The van der Waals surface area contributed by atoms with Crippen molar-refractivity contribution in [3.05, 3.63) is 95.4 Å². The molecule has 5 nitrogen and oxygen atoms in total. The summed E-state index contributed by atoms with van der Waals surface area (Å²) in [6.45, 7) is 8.78. The predicted molar refractivity (Wildman–Crippen MR) is 124 cm³/mol. The fourth-order valence-electron chi connectivity index (χ4n) is 3.55. The summed E-state index contributed by atoms with van der Waals surface area (Å²) in [6.07, 6.45) is 3.99. The van der Waals surface area contributed by atoms with Gasteiger partial charge in [0, 0.05) is 23.6 Å². The number of hydrogen-bond donors (Lipinski definition) is 1. The third-order valence-corrected chi connectivity index (χ3v) is 5.12. The molecule has 0 aliphatic carbocycles. The minimum atomic E-state index is -0.162. The van der Waals surface area contributed by atoms with Crippen LogP contribution in [0, 0.1) is 6.92 Å². The maximum Gasteiger partial charge on any atom is 0.255 e. The molecular formula is C26H27N3O2. The van der Waals surface area contributed by atoms with Gasteiger partial charge in [0.15, 0.2) is 0 Å². The number of rotatable bonds is 5. The molecule has 0 atom stereocenters. The van der Waals surface area contributed by atoms with Crippen molar-refractivity contribution in [2.24, 2.45) is 0 Å². The zero-order valence-electron chi connectivity index (χ0n) is 18.3. The van der Waals surface area contributed by atoms with Gasteiger partial charge in [-0.25, -0.2) is 4.98 Å². The van der Waals surface area contributed by atoms with E-state index in [9.17, 15) is 4.79 Å². The third kappa shape index (κ3) is 4.77. The molecular weight excluding hydrogens is 386 g/mol. The number of amides is 1. The van der Waals surface area contributed by atoms with Crippen LogP contribution < -0.4 is 10.1 Å². The number of aromatic nitrogens is 2. The van der Waals surface area contributed by atoms with Crippen LogP contribution >= 0.6 is 0 Å². The number of hydrogen-bond acceptors (Lipinski definition) is 3. The summed E-state index contributed by atoms with van der Waals surface area (Å²) < 4.78 is 7.91. The standard InChI is InChI=1S/C26H27N3O2/c1-18-12-13-24-27-20(16-29(24)15-18)17-31-21-9-7-8-19(14-21)25(30)28-23-11-6-5-10-22(23)26(2,3)4/h5-16H,17H2,1-4H3,(H,28,30). The number of nitrogens with one attached hydrogen (secondary N) is 1. The first-order chi connectivity index (χ1) is 14.8. The Hall–Kier alpha value is -3.60. The Morgan fingerprint density at radius 1 is 1.03 bits per heavy atom. The van der Waals surface area contributed by atoms with E-state index >= 15 is 0 Å². The Kier molecular flexibility index (Phi) is 5.51. The number of fused-ring (bicyclic) bond motifs is 1. The predicted octanol–water partition coefficient (Wildman–Crippen LogP) is 5.77. The van der Waals surface area contributed by atoms with E-state index in [4.69, 9.17) is 4.74 Å². The summed E-state index contributed by atoms with van der Waals surface area (Å²) >= 11 is 0. The van der Waals surface area contributed by atoms with E-state index in [1.165, 1.54) is 5.56 Å². The molecule has 0 aliphatic heterocycles. The van der Waals surface area contributed by atoms with Crippen LogP contribution in [-0.2, 0) is 12.0 Å². The lowest BCUT2D eigenvalue weighted by Gasteiger charge is -2.23. The number of benzene rings is 2. The van der Waals surface area contributed by atoms with Crippen molar-refractivity contribution in [2.75, 3.05) is 5.32 Å². The van der Waals surface area contributed by atoms with Crippen LogP contribution in [0.5, 0.6) is 5.75 Å². The van der Waals surface area contributed by atoms with Gasteiger partial charge in [0.2, 0.25) is 0 Å². The van der Waals surface area contributed by atoms with Crippen molar-refractivity contribution in [3.8, 4) is 5.75 Å². The van der Waals surface area contributed by atoms with E-state index in [-0.39, 0.29) is 11.3 Å². The molecule has 0 saturated carbocycles. The molecule has 0 bridgehead atoms. The lowest BCUT2D eigenvalue weighted by atomic mass is 9.86. The average molecular weight is 414 g/mol. The van der Waals surface area contributed by atoms with Gasteiger partial charge in [-0.3, -0.25) is 4.79 Å². The first-order valence-corrected chi connectivity index (χ1v) is 10.4. The molecule has 1 N–H and O–H groups in total. The largest absolute Gasteiger partial charge is 0.487 e. The molecule has 5 heteroatoms. The number of pyridine rings is 1. The second-order valence-electron chi connectivity index (χ2n) is 8.77. The number of para-hydroxylation sites is 1. The first-order valence-electron chi connectivity index (χ1n) is 10.4. The molecule has 0 aliphatic rings. The van der Waals surface area contributed by atoms with E-state index in [0.717, 1.165) is 22.6 Å². The lowest BCUT2D eigenvalue weighted by molar-refractivity contribution is 0.102. The molecule has 158 valence electrons. The van der Waals surface area contributed by atoms with Gasteiger partial charge >= 0.3 is 0 Å². The van der Waals surface area contributed by atoms with Gasteiger partial charge in [-0.15, -0.1) is 0 Å². The minimum absolute atomic E-state index is 0.0680. The number of nitrogens with zero attached hydrogens (tertiary/aromatic N) is 2. The van der Waals surface area contributed by atoms with Crippen molar-refractivity contribution in [3.63, 3.8) is 0 Å².